The molecular formula is C10H8N2O4. The van der Waals surface area contributed by atoms with Crippen molar-refractivity contribution in [2.24, 2.45) is 0 Å². The van der Waals surface area contributed by atoms with Gasteiger partial charge < -0.3 is 14.4 Å². The molecule has 0 bridgehead atoms. The second-order valence-corrected chi connectivity index (χ2v) is 3.04. The Morgan fingerprint density at radius 3 is 3.00 bits per heavy atom. The molecule has 0 saturated heterocycles. The van der Waals surface area contributed by atoms with Crippen LogP contribution >= 0.6 is 0 Å². The molecule has 0 aliphatic heterocycles. The van der Waals surface area contributed by atoms with Crippen LogP contribution in [-0.4, -0.2) is 21.2 Å². The summed E-state index contributed by atoms with van der Waals surface area (Å²) in [4.78, 5) is 14.4. The zero-order chi connectivity index (χ0) is 11.4. The van der Waals surface area contributed by atoms with Crippen molar-refractivity contribution in [1.82, 2.24) is 10.1 Å². The second-order valence-electron chi connectivity index (χ2n) is 3.04. The van der Waals surface area contributed by atoms with E-state index in [4.69, 9.17) is 9.84 Å². The van der Waals surface area contributed by atoms with E-state index < -0.39 is 5.97 Å². The van der Waals surface area contributed by atoms with Crippen LogP contribution in [0, 0.1) is 0 Å². The van der Waals surface area contributed by atoms with Gasteiger partial charge in [-0.15, -0.1) is 0 Å². The summed E-state index contributed by atoms with van der Waals surface area (Å²) < 4.78 is 9.94. The van der Waals surface area contributed by atoms with Gasteiger partial charge in [-0.05, 0) is 6.07 Å². The van der Waals surface area contributed by atoms with E-state index in [0.717, 1.165) is 5.56 Å². The van der Waals surface area contributed by atoms with E-state index in [1.165, 1.54) is 30.9 Å². The number of carboxylic acid groups (broad SMARTS) is 1. The smallest absolute Gasteiger partial charge is 0.337 e. The van der Waals surface area contributed by atoms with Crippen LogP contribution in [0.2, 0.25) is 0 Å². The minimum Gasteiger partial charge on any atom is -0.487 e. The number of nitrogens with zero attached hydrogens (tertiary/aromatic N) is 2. The molecule has 2 rings (SSSR count). The zero-order valence-corrected chi connectivity index (χ0v) is 8.16. The summed E-state index contributed by atoms with van der Waals surface area (Å²) in [6, 6.07) is 1.41. The van der Waals surface area contributed by atoms with Crippen molar-refractivity contribution in [3.8, 4) is 5.75 Å². The Balaban J connectivity index is 2.04. The Morgan fingerprint density at radius 2 is 2.31 bits per heavy atom. The predicted octanol–water partition coefficient (Wildman–Crippen LogP) is 1.35. The number of carboxylic acids is 1. The number of pyridine rings is 1. The molecule has 16 heavy (non-hydrogen) atoms. The maximum Gasteiger partial charge on any atom is 0.337 e. The molecular weight excluding hydrogens is 212 g/mol. The zero-order valence-electron chi connectivity index (χ0n) is 8.16. The van der Waals surface area contributed by atoms with Crippen molar-refractivity contribution in [2.75, 3.05) is 0 Å². The summed E-state index contributed by atoms with van der Waals surface area (Å²) in [6.45, 7) is 0.258. The van der Waals surface area contributed by atoms with Crippen LogP contribution in [0.4, 0.5) is 0 Å². The highest BCUT2D eigenvalue weighted by Crippen LogP contribution is 2.13. The molecule has 0 amide bonds. The fourth-order valence-electron chi connectivity index (χ4n) is 1.08. The Kier molecular flexibility index (Phi) is 2.81. The summed E-state index contributed by atoms with van der Waals surface area (Å²) in [5.74, 6) is -0.649. The first-order chi connectivity index (χ1) is 7.75. The van der Waals surface area contributed by atoms with Crippen molar-refractivity contribution in [3.05, 3.63) is 42.0 Å². The third-order valence-corrected chi connectivity index (χ3v) is 1.85. The van der Waals surface area contributed by atoms with Crippen molar-refractivity contribution in [2.45, 2.75) is 6.61 Å². The van der Waals surface area contributed by atoms with E-state index in [1.54, 1.807) is 0 Å². The van der Waals surface area contributed by atoms with Crippen LogP contribution < -0.4 is 4.74 Å². The fourth-order valence-corrected chi connectivity index (χ4v) is 1.08. The molecule has 0 unspecified atom stereocenters. The van der Waals surface area contributed by atoms with Gasteiger partial charge in [0, 0.05) is 11.8 Å². The van der Waals surface area contributed by atoms with Crippen LogP contribution in [0.3, 0.4) is 0 Å². The van der Waals surface area contributed by atoms with E-state index in [2.05, 4.69) is 14.7 Å². The molecule has 0 fully saturated rings. The van der Waals surface area contributed by atoms with Gasteiger partial charge in [0.2, 0.25) is 0 Å². The molecule has 2 aromatic rings. The van der Waals surface area contributed by atoms with E-state index in [1.807, 2.05) is 0 Å². The first-order valence-electron chi connectivity index (χ1n) is 4.45. The number of aromatic carboxylic acids is 1. The number of hydrogen-bond donors (Lipinski definition) is 1. The Bertz CT molecular complexity index is 481. The van der Waals surface area contributed by atoms with Crippen LogP contribution in [0.15, 0.2) is 35.4 Å². The van der Waals surface area contributed by atoms with Gasteiger partial charge in [-0.3, -0.25) is 4.98 Å². The lowest BCUT2D eigenvalue weighted by Gasteiger charge is -2.03. The first kappa shape index (κ1) is 10.2. The predicted molar refractivity (Wildman–Crippen MR) is 52.0 cm³/mol. The third kappa shape index (κ3) is 2.35. The molecule has 82 valence electrons. The van der Waals surface area contributed by atoms with Gasteiger partial charge in [0.15, 0.2) is 0 Å². The maximum absolute atomic E-state index is 10.7. The standard InChI is InChI=1S/C10H8N2O4/c13-10(14)8-1-9(4-11-3-8)15-5-7-2-12-16-6-7/h1-4,6H,5H2,(H,13,14). The summed E-state index contributed by atoms with van der Waals surface area (Å²) >= 11 is 0. The molecule has 0 spiro atoms. The maximum atomic E-state index is 10.7. The second kappa shape index (κ2) is 4.43. The molecule has 0 aliphatic rings. The molecule has 0 aliphatic carbocycles. The van der Waals surface area contributed by atoms with Gasteiger partial charge in [-0.1, -0.05) is 5.16 Å². The molecule has 1 N–H and O–H groups in total. The topological polar surface area (TPSA) is 85.5 Å². The minimum absolute atomic E-state index is 0.0859. The largest absolute Gasteiger partial charge is 0.487 e. The lowest BCUT2D eigenvalue weighted by atomic mass is 10.3. The van der Waals surface area contributed by atoms with Gasteiger partial charge in [-0.2, -0.15) is 0 Å². The van der Waals surface area contributed by atoms with Crippen LogP contribution in [0.1, 0.15) is 15.9 Å². The lowest BCUT2D eigenvalue weighted by Crippen LogP contribution is -1.99. The van der Waals surface area contributed by atoms with E-state index >= 15 is 0 Å². The number of ether oxygens (including phenoxy) is 1. The molecule has 0 saturated carbocycles. The van der Waals surface area contributed by atoms with Gasteiger partial charge in [0.25, 0.3) is 0 Å². The molecule has 0 aromatic carbocycles. The van der Waals surface area contributed by atoms with Crippen LogP contribution in [0.25, 0.3) is 0 Å². The quantitative estimate of drug-likeness (QED) is 0.836. The van der Waals surface area contributed by atoms with Gasteiger partial charge in [0.1, 0.15) is 18.6 Å². The van der Waals surface area contributed by atoms with Gasteiger partial charge in [0.05, 0.1) is 18.0 Å². The van der Waals surface area contributed by atoms with Crippen LogP contribution in [-0.2, 0) is 6.61 Å². The van der Waals surface area contributed by atoms with Gasteiger partial charge in [-0.25, -0.2) is 4.79 Å². The highest BCUT2D eigenvalue weighted by Gasteiger charge is 2.05. The summed E-state index contributed by atoms with van der Waals surface area (Å²) in [6.07, 6.45) is 5.68. The molecule has 6 heteroatoms. The van der Waals surface area contributed by atoms with E-state index in [9.17, 15) is 4.79 Å². The molecule has 0 radical (unpaired) electrons. The average Bonchev–Trinajstić information content (AvgIpc) is 2.79. The summed E-state index contributed by atoms with van der Waals surface area (Å²) in [7, 11) is 0. The number of rotatable bonds is 4. The van der Waals surface area contributed by atoms with Crippen molar-refractivity contribution in [3.63, 3.8) is 0 Å². The number of carbonyl (C=O) groups is 1. The highest BCUT2D eigenvalue weighted by atomic mass is 16.5. The first-order valence-corrected chi connectivity index (χ1v) is 4.45. The van der Waals surface area contributed by atoms with E-state index in [0.29, 0.717) is 5.75 Å². The number of hydrogen-bond acceptors (Lipinski definition) is 5. The summed E-state index contributed by atoms with van der Waals surface area (Å²) in [5, 5.41) is 12.3. The van der Waals surface area contributed by atoms with Crippen molar-refractivity contribution in [1.29, 1.82) is 0 Å². The normalized spacial score (nSPS) is 10.0. The number of aromatic nitrogens is 2. The Hall–Kier alpha value is -2.37. The minimum atomic E-state index is -1.04. The monoisotopic (exact) mass is 220 g/mol. The summed E-state index contributed by atoms with van der Waals surface area (Å²) in [5.41, 5.74) is 0.851. The lowest BCUT2D eigenvalue weighted by molar-refractivity contribution is 0.0696. The van der Waals surface area contributed by atoms with Gasteiger partial charge >= 0.3 is 5.97 Å². The highest BCUT2D eigenvalue weighted by molar-refractivity contribution is 5.87. The fraction of sp³-hybridized carbons (Fsp3) is 0.100. The molecule has 2 heterocycles. The molecule has 0 atom stereocenters. The van der Waals surface area contributed by atoms with Crippen LogP contribution in [0.5, 0.6) is 5.75 Å². The molecule has 6 nitrogen and oxygen atoms in total. The van der Waals surface area contributed by atoms with Crippen molar-refractivity contribution >= 4 is 5.97 Å². The molecule has 2 aromatic heterocycles. The van der Waals surface area contributed by atoms with E-state index in [-0.39, 0.29) is 12.2 Å². The average molecular weight is 220 g/mol. The Labute approximate surface area is 90.5 Å². The van der Waals surface area contributed by atoms with Crippen molar-refractivity contribution < 1.29 is 19.2 Å². The third-order valence-electron chi connectivity index (χ3n) is 1.85. The SMILES string of the molecule is O=C(O)c1cncc(OCc2cnoc2)c1. The Morgan fingerprint density at radius 1 is 1.44 bits per heavy atom.